The summed E-state index contributed by atoms with van der Waals surface area (Å²) in [4.78, 5) is 33.4. The maximum atomic E-state index is 12.7. The number of hydrogen-bond donors (Lipinski definition) is 2. The Hall–Kier alpha value is -3.09. The Labute approximate surface area is 172 Å². The second-order valence-corrected chi connectivity index (χ2v) is 7.55. The van der Waals surface area contributed by atoms with Crippen LogP contribution in [0.4, 0.5) is 10.5 Å². The van der Waals surface area contributed by atoms with Crippen LogP contribution in [0.15, 0.2) is 54.9 Å². The smallest absolute Gasteiger partial charge is 0.318 e. The van der Waals surface area contributed by atoms with Crippen molar-refractivity contribution in [2.24, 2.45) is 5.92 Å². The lowest BCUT2D eigenvalue weighted by Gasteiger charge is -2.37. The van der Waals surface area contributed by atoms with Gasteiger partial charge in [0.1, 0.15) is 6.04 Å². The number of para-hydroxylation sites is 1. The Morgan fingerprint density at radius 1 is 1.00 bits per heavy atom. The van der Waals surface area contributed by atoms with E-state index in [1.54, 1.807) is 17.3 Å². The molecule has 0 aliphatic carbocycles. The van der Waals surface area contributed by atoms with Crippen molar-refractivity contribution in [2.75, 3.05) is 31.1 Å². The minimum Gasteiger partial charge on any atom is -0.368 e. The van der Waals surface area contributed by atoms with Crippen LogP contribution in [-0.4, -0.2) is 54.0 Å². The van der Waals surface area contributed by atoms with Gasteiger partial charge in [-0.3, -0.25) is 9.78 Å². The van der Waals surface area contributed by atoms with Crippen molar-refractivity contribution in [1.82, 2.24) is 20.5 Å². The van der Waals surface area contributed by atoms with Gasteiger partial charge in [-0.1, -0.05) is 32.0 Å². The normalized spacial score (nSPS) is 15.1. The van der Waals surface area contributed by atoms with Crippen molar-refractivity contribution in [2.45, 2.75) is 26.4 Å². The SMILES string of the molecule is CC(C)[C@H](NC(=O)N1CCN(c2ccccc2)CC1)C(=O)NCc1ccncc1. The molecule has 0 unspecified atom stereocenters. The third-order valence-corrected chi connectivity index (χ3v) is 5.13. The molecule has 29 heavy (non-hydrogen) atoms. The zero-order chi connectivity index (χ0) is 20.6. The Morgan fingerprint density at radius 3 is 2.28 bits per heavy atom. The average molecular weight is 396 g/mol. The van der Waals surface area contributed by atoms with Gasteiger partial charge in [0.25, 0.3) is 0 Å². The first-order chi connectivity index (χ1) is 14.0. The van der Waals surface area contributed by atoms with Gasteiger partial charge in [0.05, 0.1) is 0 Å². The highest BCUT2D eigenvalue weighted by atomic mass is 16.2. The molecule has 1 saturated heterocycles. The number of nitrogens with one attached hydrogen (secondary N) is 2. The molecule has 2 heterocycles. The van der Waals surface area contributed by atoms with Crippen molar-refractivity contribution in [1.29, 1.82) is 0 Å². The number of amides is 3. The van der Waals surface area contributed by atoms with E-state index < -0.39 is 6.04 Å². The van der Waals surface area contributed by atoms with Gasteiger partial charge in [-0.2, -0.15) is 0 Å². The highest BCUT2D eigenvalue weighted by molar-refractivity contribution is 5.87. The number of piperazine rings is 1. The lowest BCUT2D eigenvalue weighted by molar-refractivity contribution is -0.124. The maximum Gasteiger partial charge on any atom is 0.318 e. The largest absolute Gasteiger partial charge is 0.368 e. The van der Waals surface area contributed by atoms with Crippen LogP contribution >= 0.6 is 0 Å². The number of aromatic nitrogens is 1. The fourth-order valence-electron chi connectivity index (χ4n) is 3.37. The van der Waals surface area contributed by atoms with Crippen LogP contribution in [0.1, 0.15) is 19.4 Å². The van der Waals surface area contributed by atoms with Crippen molar-refractivity contribution in [3.05, 3.63) is 60.4 Å². The van der Waals surface area contributed by atoms with Crippen molar-refractivity contribution in [3.8, 4) is 0 Å². The summed E-state index contributed by atoms with van der Waals surface area (Å²) in [6.07, 6.45) is 3.39. The van der Waals surface area contributed by atoms with E-state index in [1.807, 2.05) is 44.2 Å². The molecule has 0 spiro atoms. The molecule has 1 fully saturated rings. The number of nitrogens with zero attached hydrogens (tertiary/aromatic N) is 3. The van der Waals surface area contributed by atoms with E-state index in [9.17, 15) is 9.59 Å². The maximum absolute atomic E-state index is 12.7. The zero-order valence-electron chi connectivity index (χ0n) is 17.0. The predicted molar refractivity (Wildman–Crippen MR) is 113 cm³/mol. The van der Waals surface area contributed by atoms with E-state index in [4.69, 9.17) is 0 Å². The van der Waals surface area contributed by atoms with Crippen LogP contribution in [0.25, 0.3) is 0 Å². The minimum absolute atomic E-state index is 0.0120. The predicted octanol–water partition coefficient (Wildman–Crippen LogP) is 2.25. The summed E-state index contributed by atoms with van der Waals surface area (Å²) < 4.78 is 0. The summed E-state index contributed by atoms with van der Waals surface area (Å²) in [5, 5.41) is 5.83. The van der Waals surface area contributed by atoms with Gasteiger partial charge >= 0.3 is 6.03 Å². The van der Waals surface area contributed by atoms with E-state index in [1.165, 1.54) is 5.69 Å². The molecule has 7 nitrogen and oxygen atoms in total. The van der Waals surface area contributed by atoms with Crippen molar-refractivity contribution in [3.63, 3.8) is 0 Å². The molecule has 3 amide bonds. The Kier molecular flexibility index (Phi) is 7.05. The van der Waals surface area contributed by atoms with Gasteiger partial charge in [-0.25, -0.2) is 4.79 Å². The third-order valence-electron chi connectivity index (χ3n) is 5.13. The summed E-state index contributed by atoms with van der Waals surface area (Å²) in [5.74, 6) is -0.185. The van der Waals surface area contributed by atoms with Gasteiger partial charge in [-0.15, -0.1) is 0 Å². The Bertz CT molecular complexity index is 789. The molecule has 2 N–H and O–H groups in total. The van der Waals surface area contributed by atoms with Crippen LogP contribution in [0.3, 0.4) is 0 Å². The fourth-order valence-corrected chi connectivity index (χ4v) is 3.37. The number of pyridine rings is 1. The number of anilines is 1. The summed E-state index contributed by atoms with van der Waals surface area (Å²) in [6.45, 7) is 7.09. The van der Waals surface area contributed by atoms with Crippen molar-refractivity contribution < 1.29 is 9.59 Å². The number of rotatable bonds is 6. The monoisotopic (exact) mass is 395 g/mol. The van der Waals surface area contributed by atoms with E-state index in [-0.39, 0.29) is 17.9 Å². The second-order valence-electron chi connectivity index (χ2n) is 7.55. The van der Waals surface area contributed by atoms with Gasteiger partial charge in [0, 0.05) is 50.8 Å². The summed E-state index contributed by atoms with van der Waals surface area (Å²) in [5.41, 5.74) is 2.14. The first kappa shape index (κ1) is 20.6. The molecule has 1 aliphatic heterocycles. The molecule has 154 valence electrons. The fraction of sp³-hybridized carbons (Fsp3) is 0.409. The molecule has 2 aromatic rings. The number of carbonyl (C=O) groups excluding carboxylic acids is 2. The first-order valence-corrected chi connectivity index (χ1v) is 10.1. The average Bonchev–Trinajstić information content (AvgIpc) is 2.77. The third kappa shape index (κ3) is 5.70. The van der Waals surface area contributed by atoms with Gasteiger partial charge in [-0.05, 0) is 35.7 Å². The number of urea groups is 1. The molecular weight excluding hydrogens is 366 g/mol. The van der Waals surface area contributed by atoms with E-state index in [0.717, 1.165) is 18.7 Å². The molecule has 0 radical (unpaired) electrons. The number of hydrogen-bond acceptors (Lipinski definition) is 4. The highest BCUT2D eigenvalue weighted by Gasteiger charge is 2.28. The van der Waals surface area contributed by atoms with Gasteiger partial charge in [0.2, 0.25) is 5.91 Å². The molecule has 7 heteroatoms. The molecule has 0 saturated carbocycles. The Morgan fingerprint density at radius 2 is 1.66 bits per heavy atom. The van der Waals surface area contributed by atoms with E-state index in [2.05, 4.69) is 32.7 Å². The van der Waals surface area contributed by atoms with Crippen LogP contribution in [0, 0.1) is 5.92 Å². The molecule has 1 atom stereocenters. The minimum atomic E-state index is -0.573. The molecule has 1 aliphatic rings. The second kappa shape index (κ2) is 9.91. The lowest BCUT2D eigenvalue weighted by atomic mass is 10.0. The molecule has 1 aromatic heterocycles. The molecule has 1 aromatic carbocycles. The van der Waals surface area contributed by atoms with E-state index in [0.29, 0.717) is 19.6 Å². The van der Waals surface area contributed by atoms with Gasteiger partial charge < -0.3 is 20.4 Å². The van der Waals surface area contributed by atoms with Crippen LogP contribution < -0.4 is 15.5 Å². The van der Waals surface area contributed by atoms with Gasteiger partial charge in [0.15, 0.2) is 0 Å². The lowest BCUT2D eigenvalue weighted by Crippen LogP contribution is -2.57. The first-order valence-electron chi connectivity index (χ1n) is 10.1. The van der Waals surface area contributed by atoms with Crippen LogP contribution in [-0.2, 0) is 11.3 Å². The summed E-state index contributed by atoms with van der Waals surface area (Å²) in [6, 6.07) is 13.2. The molecular formula is C22H29N5O2. The highest BCUT2D eigenvalue weighted by Crippen LogP contribution is 2.15. The quantitative estimate of drug-likeness (QED) is 0.787. The molecule has 0 bridgehead atoms. The molecule has 3 rings (SSSR count). The van der Waals surface area contributed by atoms with E-state index >= 15 is 0 Å². The number of benzene rings is 1. The Balaban J connectivity index is 1.51. The summed E-state index contributed by atoms with van der Waals surface area (Å²) in [7, 11) is 0. The van der Waals surface area contributed by atoms with Crippen LogP contribution in [0.2, 0.25) is 0 Å². The zero-order valence-corrected chi connectivity index (χ0v) is 17.0. The summed E-state index contributed by atoms with van der Waals surface area (Å²) >= 11 is 0. The van der Waals surface area contributed by atoms with Crippen molar-refractivity contribution >= 4 is 17.6 Å². The standard InChI is InChI=1S/C22H29N5O2/c1-17(2)20(21(28)24-16-18-8-10-23-11-9-18)25-22(29)27-14-12-26(13-15-27)19-6-4-3-5-7-19/h3-11,17,20H,12-16H2,1-2H3,(H,24,28)(H,25,29)/t20-/m0/s1. The van der Waals surface area contributed by atoms with Crippen LogP contribution in [0.5, 0.6) is 0 Å². The number of carbonyl (C=O) groups is 2. The topological polar surface area (TPSA) is 77.6 Å².